The molecule has 0 aliphatic rings. The van der Waals surface area contributed by atoms with Crippen molar-refractivity contribution in [2.45, 2.75) is 32.2 Å². The lowest BCUT2D eigenvalue weighted by atomic mass is 10.4. The molecule has 0 aromatic heterocycles. The van der Waals surface area contributed by atoms with Crippen LogP contribution in [-0.4, -0.2) is 29.4 Å². The van der Waals surface area contributed by atoms with Gasteiger partial charge in [-0.25, -0.2) is 0 Å². The fourth-order valence-corrected chi connectivity index (χ4v) is 1.72. The molecule has 0 heterocycles. The van der Waals surface area contributed by atoms with Crippen molar-refractivity contribution in [2.75, 3.05) is 13.2 Å². The molecule has 0 bridgehead atoms. The van der Waals surface area contributed by atoms with Crippen LogP contribution in [0.25, 0.3) is 0 Å². The number of hydrogen-bond acceptors (Lipinski definition) is 3. The van der Waals surface area contributed by atoms with Gasteiger partial charge in [-0.1, -0.05) is 6.04 Å². The summed E-state index contributed by atoms with van der Waals surface area (Å²) in [5.74, 6) is -0.814. The van der Waals surface area contributed by atoms with Gasteiger partial charge in [0, 0.05) is 29.9 Å². The van der Waals surface area contributed by atoms with Crippen molar-refractivity contribution in [3.8, 4) is 0 Å². The quantitative estimate of drug-likeness (QED) is 0.453. The third-order valence-electron chi connectivity index (χ3n) is 1.38. The van der Waals surface area contributed by atoms with Gasteiger partial charge in [0.1, 0.15) is 0 Å². The first kappa shape index (κ1) is 11.1. The molecule has 4 heteroatoms. The van der Waals surface area contributed by atoms with Gasteiger partial charge in [0.15, 0.2) is 0 Å². The molecule has 0 aliphatic heterocycles. The third kappa shape index (κ3) is 4.52. The van der Waals surface area contributed by atoms with E-state index >= 15 is 0 Å². The Hall–Kier alpha value is 0.0969. The number of nitrogens with two attached hydrogens (primary N) is 1. The number of hydrogen-bond donors (Lipinski definition) is 1. The van der Waals surface area contributed by atoms with E-state index in [2.05, 4.69) is 0 Å². The van der Waals surface area contributed by atoms with E-state index in [1.165, 1.54) is 0 Å². The van der Waals surface area contributed by atoms with Crippen molar-refractivity contribution in [1.82, 2.24) is 0 Å². The number of rotatable bonds is 6. The summed E-state index contributed by atoms with van der Waals surface area (Å²) in [5, 5.41) is 0. The minimum Gasteiger partial charge on any atom is -0.338 e. The van der Waals surface area contributed by atoms with Gasteiger partial charge in [-0.15, -0.1) is 0 Å². The topological polar surface area (TPSA) is 44.5 Å². The zero-order chi connectivity index (χ0) is 8.74. The summed E-state index contributed by atoms with van der Waals surface area (Å²) in [6, 6.07) is 1.11. The van der Waals surface area contributed by atoms with Crippen LogP contribution in [0.5, 0.6) is 0 Å². The van der Waals surface area contributed by atoms with E-state index in [9.17, 15) is 0 Å². The van der Waals surface area contributed by atoms with Gasteiger partial charge >= 0.3 is 0 Å². The lowest BCUT2D eigenvalue weighted by molar-refractivity contribution is -0.230. The summed E-state index contributed by atoms with van der Waals surface area (Å²) in [4.78, 5) is 0. The molecule has 0 saturated carbocycles. The summed E-state index contributed by atoms with van der Waals surface area (Å²) in [5.41, 5.74) is 5.81. The minimum atomic E-state index is -0.814. The maximum absolute atomic E-state index is 5.81. The molecule has 0 aromatic rings. The molecule has 0 unspecified atom stereocenters. The van der Waals surface area contributed by atoms with Gasteiger partial charge in [-0.05, 0) is 13.8 Å². The Balaban J connectivity index is 3.79. The fourth-order valence-electron chi connectivity index (χ4n) is 1.02. The molecule has 0 fully saturated rings. The van der Waals surface area contributed by atoms with Crippen molar-refractivity contribution in [1.29, 1.82) is 0 Å². The van der Waals surface area contributed by atoms with Crippen LogP contribution in [0.1, 0.15) is 20.3 Å². The van der Waals surface area contributed by atoms with Crippen molar-refractivity contribution in [2.24, 2.45) is 5.73 Å². The maximum atomic E-state index is 5.81. The van der Waals surface area contributed by atoms with Gasteiger partial charge in [0.2, 0.25) is 5.91 Å². The highest BCUT2D eigenvalue weighted by Crippen LogP contribution is 2.12. The van der Waals surface area contributed by atoms with Crippen LogP contribution in [0.15, 0.2) is 0 Å². The maximum Gasteiger partial charge on any atom is 0.224 e. The summed E-state index contributed by atoms with van der Waals surface area (Å²) in [6.07, 6.45) is 0.806. The van der Waals surface area contributed by atoms with Gasteiger partial charge in [-0.2, -0.15) is 0 Å². The van der Waals surface area contributed by atoms with Gasteiger partial charge in [0.05, 0.1) is 0 Å². The zero-order valence-electron chi connectivity index (χ0n) is 7.72. The highest BCUT2D eigenvalue weighted by atomic mass is 28.1. The summed E-state index contributed by atoms with van der Waals surface area (Å²) in [6.45, 7) is 5.07. The summed E-state index contributed by atoms with van der Waals surface area (Å²) >= 11 is 0. The molecule has 3 nitrogen and oxygen atoms in total. The Bertz CT molecular complexity index is 83.4. The van der Waals surface area contributed by atoms with E-state index < -0.39 is 5.91 Å². The average molecular weight is 177 g/mol. The summed E-state index contributed by atoms with van der Waals surface area (Å²) < 4.78 is 10.6. The predicted octanol–water partition coefficient (Wildman–Crippen LogP) is -0.154. The van der Waals surface area contributed by atoms with E-state index in [0.29, 0.717) is 13.2 Å². The summed E-state index contributed by atoms with van der Waals surface area (Å²) in [7, 11) is 1.14. The Morgan fingerprint density at radius 1 is 1.27 bits per heavy atom. The zero-order valence-corrected chi connectivity index (χ0v) is 9.72. The molecule has 0 aliphatic carbocycles. The predicted molar refractivity (Wildman–Crippen MR) is 49.5 cm³/mol. The highest BCUT2D eigenvalue weighted by Gasteiger charge is 2.23. The minimum absolute atomic E-state index is 0.609. The second kappa shape index (κ2) is 5.71. The Morgan fingerprint density at radius 3 is 2.00 bits per heavy atom. The van der Waals surface area contributed by atoms with Crippen LogP contribution in [-0.2, 0) is 9.47 Å². The normalized spacial score (nSPS) is 12.3. The molecule has 2 N–H and O–H groups in total. The molecule has 0 amide bonds. The Kier molecular flexibility index (Phi) is 5.76. The van der Waals surface area contributed by atoms with Crippen LogP contribution in [0.4, 0.5) is 0 Å². The largest absolute Gasteiger partial charge is 0.338 e. The fraction of sp³-hybridized carbons (Fsp3) is 1.00. The third-order valence-corrected chi connectivity index (χ3v) is 1.88. The van der Waals surface area contributed by atoms with Crippen LogP contribution >= 0.6 is 0 Å². The highest BCUT2D eigenvalue weighted by molar-refractivity contribution is 6.08. The lowest BCUT2D eigenvalue weighted by Gasteiger charge is -2.28. The molecule has 0 spiro atoms. The van der Waals surface area contributed by atoms with Crippen molar-refractivity contribution in [3.05, 3.63) is 0 Å². The molecule has 0 atom stereocenters. The van der Waals surface area contributed by atoms with Gasteiger partial charge in [0.25, 0.3) is 0 Å². The Labute approximate surface area is 71.7 Å². The molecule has 0 aromatic carbocycles. The first-order valence-electron chi connectivity index (χ1n) is 4.25. The van der Waals surface area contributed by atoms with E-state index in [0.717, 1.165) is 22.7 Å². The second-order valence-electron chi connectivity index (χ2n) is 2.43. The lowest BCUT2D eigenvalue weighted by Crippen LogP contribution is -2.45. The van der Waals surface area contributed by atoms with Crippen LogP contribution in [0, 0.1) is 0 Å². The molecular weight excluding hydrogens is 158 g/mol. The average Bonchev–Trinajstić information content (AvgIpc) is 1.88. The molecular formula is C7H19NO2Si. The van der Waals surface area contributed by atoms with Gasteiger partial charge < -0.3 is 9.47 Å². The number of ether oxygens (including phenoxy) is 2. The van der Waals surface area contributed by atoms with Crippen LogP contribution in [0.3, 0.4) is 0 Å². The Morgan fingerprint density at radius 2 is 1.73 bits per heavy atom. The first-order chi connectivity index (χ1) is 5.18. The molecule has 0 radical (unpaired) electrons. The van der Waals surface area contributed by atoms with E-state index in [-0.39, 0.29) is 0 Å². The molecule has 0 saturated heterocycles. The smallest absolute Gasteiger partial charge is 0.224 e. The second-order valence-corrected chi connectivity index (χ2v) is 3.43. The van der Waals surface area contributed by atoms with E-state index in [4.69, 9.17) is 15.2 Å². The molecule has 0 rings (SSSR count). The van der Waals surface area contributed by atoms with Gasteiger partial charge in [-0.3, -0.25) is 5.73 Å². The van der Waals surface area contributed by atoms with Crippen LogP contribution < -0.4 is 5.73 Å². The van der Waals surface area contributed by atoms with E-state index in [1.807, 2.05) is 13.8 Å². The monoisotopic (exact) mass is 177 g/mol. The molecule has 11 heavy (non-hydrogen) atoms. The van der Waals surface area contributed by atoms with Crippen LogP contribution in [0.2, 0.25) is 6.04 Å². The van der Waals surface area contributed by atoms with Crippen molar-refractivity contribution < 1.29 is 9.47 Å². The van der Waals surface area contributed by atoms with E-state index in [1.54, 1.807) is 0 Å². The van der Waals surface area contributed by atoms with Crippen molar-refractivity contribution >= 4 is 10.2 Å². The SMILES string of the molecule is CCOC(N)(CC[SiH3])OCC. The molecule has 68 valence electrons. The van der Waals surface area contributed by atoms with Crippen molar-refractivity contribution in [3.63, 3.8) is 0 Å². The first-order valence-corrected chi connectivity index (χ1v) is 5.66. The standard InChI is InChI=1S/C7H19NO2Si/c1-3-9-7(8,5-6-11)10-4-2/h3-6,8H2,1-2,11H3.